The van der Waals surface area contributed by atoms with Gasteiger partial charge in [0.2, 0.25) is 10.0 Å². The molecule has 1 atom stereocenters. The van der Waals surface area contributed by atoms with Crippen LogP contribution in [-0.2, 0) is 10.0 Å². The topological polar surface area (TPSA) is 70.2 Å². The quantitative estimate of drug-likeness (QED) is 0.727. The standard InChI is InChI=1S/C11H17N3O2S/c1-12-17(15,16)11-4-2-3-9(7-11)14-10-5-6-13-8-10/h2-4,7,10,12-14H,5-6,8H2,1H3. The van der Waals surface area contributed by atoms with Gasteiger partial charge in [0.15, 0.2) is 0 Å². The molecule has 1 aliphatic heterocycles. The van der Waals surface area contributed by atoms with Gasteiger partial charge in [0, 0.05) is 18.3 Å². The molecule has 1 aromatic rings. The van der Waals surface area contributed by atoms with E-state index in [1.807, 2.05) is 6.07 Å². The predicted octanol–water partition coefficient (Wildman–Crippen LogP) is 0.368. The van der Waals surface area contributed by atoms with Crippen LogP contribution in [0.4, 0.5) is 5.69 Å². The summed E-state index contributed by atoms with van der Waals surface area (Å²) < 4.78 is 25.6. The average Bonchev–Trinajstić information content (AvgIpc) is 2.82. The highest BCUT2D eigenvalue weighted by molar-refractivity contribution is 7.89. The second-order valence-corrected chi connectivity index (χ2v) is 5.96. The molecule has 1 unspecified atom stereocenters. The van der Waals surface area contributed by atoms with E-state index >= 15 is 0 Å². The van der Waals surface area contributed by atoms with E-state index in [1.54, 1.807) is 18.2 Å². The van der Waals surface area contributed by atoms with Gasteiger partial charge < -0.3 is 10.6 Å². The van der Waals surface area contributed by atoms with Crippen molar-refractivity contribution < 1.29 is 8.42 Å². The lowest BCUT2D eigenvalue weighted by molar-refractivity contribution is 0.588. The van der Waals surface area contributed by atoms with Gasteiger partial charge >= 0.3 is 0 Å². The van der Waals surface area contributed by atoms with Gasteiger partial charge in [0.25, 0.3) is 0 Å². The van der Waals surface area contributed by atoms with E-state index in [0.29, 0.717) is 6.04 Å². The molecule has 0 bridgehead atoms. The summed E-state index contributed by atoms with van der Waals surface area (Å²) in [6, 6.07) is 7.25. The van der Waals surface area contributed by atoms with Crippen molar-refractivity contribution in [1.29, 1.82) is 0 Å². The van der Waals surface area contributed by atoms with Crippen LogP contribution in [0.3, 0.4) is 0 Å². The summed E-state index contributed by atoms with van der Waals surface area (Å²) in [7, 11) is -1.95. The lowest BCUT2D eigenvalue weighted by atomic mass is 10.2. The number of benzene rings is 1. The Bertz CT molecular complexity index is 481. The van der Waals surface area contributed by atoms with Crippen molar-refractivity contribution in [2.75, 3.05) is 25.5 Å². The molecule has 0 aliphatic carbocycles. The normalized spacial score (nSPS) is 20.4. The number of nitrogens with one attached hydrogen (secondary N) is 3. The van der Waals surface area contributed by atoms with Crippen molar-refractivity contribution in [3.05, 3.63) is 24.3 Å². The molecule has 0 radical (unpaired) electrons. The molecule has 0 spiro atoms. The Morgan fingerprint density at radius 2 is 2.24 bits per heavy atom. The minimum absolute atomic E-state index is 0.288. The first-order valence-corrected chi connectivity index (χ1v) is 7.11. The lowest BCUT2D eigenvalue weighted by Crippen LogP contribution is -2.23. The van der Waals surface area contributed by atoms with Crippen LogP contribution in [-0.4, -0.2) is 34.6 Å². The molecule has 1 fully saturated rings. The Labute approximate surface area is 102 Å². The smallest absolute Gasteiger partial charge is 0.240 e. The maximum Gasteiger partial charge on any atom is 0.240 e. The Morgan fingerprint density at radius 3 is 2.88 bits per heavy atom. The molecule has 0 saturated carbocycles. The number of hydrogen-bond donors (Lipinski definition) is 3. The lowest BCUT2D eigenvalue weighted by Gasteiger charge is -2.13. The highest BCUT2D eigenvalue weighted by atomic mass is 32.2. The molecule has 1 aliphatic rings. The molecule has 1 aromatic carbocycles. The highest BCUT2D eigenvalue weighted by Gasteiger charge is 2.15. The van der Waals surface area contributed by atoms with Crippen LogP contribution in [0, 0.1) is 0 Å². The van der Waals surface area contributed by atoms with Gasteiger partial charge in [-0.3, -0.25) is 0 Å². The third-order valence-electron chi connectivity index (χ3n) is 2.84. The molecule has 94 valence electrons. The summed E-state index contributed by atoms with van der Waals surface area (Å²) >= 11 is 0. The molecular weight excluding hydrogens is 238 g/mol. The van der Waals surface area contributed by atoms with Crippen molar-refractivity contribution >= 4 is 15.7 Å². The third kappa shape index (κ3) is 2.96. The Kier molecular flexibility index (Phi) is 3.66. The van der Waals surface area contributed by atoms with Crippen LogP contribution in [0.15, 0.2) is 29.2 Å². The van der Waals surface area contributed by atoms with E-state index in [9.17, 15) is 8.42 Å². The van der Waals surface area contributed by atoms with Crippen molar-refractivity contribution in [3.8, 4) is 0 Å². The predicted molar refractivity (Wildman–Crippen MR) is 67.6 cm³/mol. The summed E-state index contributed by atoms with van der Waals surface area (Å²) in [6.45, 7) is 1.93. The van der Waals surface area contributed by atoms with Gasteiger partial charge in [-0.2, -0.15) is 0 Å². The molecule has 1 heterocycles. The summed E-state index contributed by atoms with van der Waals surface area (Å²) in [4.78, 5) is 0.288. The zero-order chi connectivity index (χ0) is 12.3. The maximum atomic E-state index is 11.6. The van der Waals surface area contributed by atoms with Gasteiger partial charge in [0.05, 0.1) is 4.90 Å². The summed E-state index contributed by atoms with van der Waals surface area (Å²) in [6.07, 6.45) is 1.06. The van der Waals surface area contributed by atoms with Crippen molar-refractivity contribution in [3.63, 3.8) is 0 Å². The maximum absolute atomic E-state index is 11.6. The van der Waals surface area contributed by atoms with Gasteiger partial charge in [-0.05, 0) is 38.2 Å². The van der Waals surface area contributed by atoms with Gasteiger partial charge in [-0.15, -0.1) is 0 Å². The van der Waals surface area contributed by atoms with Crippen LogP contribution in [0.2, 0.25) is 0 Å². The Morgan fingerprint density at radius 1 is 1.41 bits per heavy atom. The van der Waals surface area contributed by atoms with E-state index in [2.05, 4.69) is 15.4 Å². The van der Waals surface area contributed by atoms with Crippen molar-refractivity contribution in [1.82, 2.24) is 10.0 Å². The average molecular weight is 255 g/mol. The van der Waals surface area contributed by atoms with Crippen LogP contribution < -0.4 is 15.4 Å². The fourth-order valence-corrected chi connectivity index (χ4v) is 2.66. The first-order valence-electron chi connectivity index (χ1n) is 5.63. The van der Waals surface area contributed by atoms with Gasteiger partial charge in [-0.25, -0.2) is 13.1 Å². The second kappa shape index (κ2) is 5.03. The molecule has 6 heteroatoms. The molecule has 2 rings (SSSR count). The minimum atomic E-state index is -3.36. The largest absolute Gasteiger partial charge is 0.381 e. The number of sulfonamides is 1. The van der Waals surface area contributed by atoms with Crippen LogP contribution in [0.25, 0.3) is 0 Å². The monoisotopic (exact) mass is 255 g/mol. The molecule has 0 aromatic heterocycles. The first kappa shape index (κ1) is 12.3. The SMILES string of the molecule is CNS(=O)(=O)c1cccc(NC2CCNC2)c1. The van der Waals surface area contributed by atoms with Crippen LogP contribution in [0.5, 0.6) is 0 Å². The number of hydrogen-bond acceptors (Lipinski definition) is 4. The van der Waals surface area contributed by atoms with E-state index in [0.717, 1.165) is 25.2 Å². The Balaban J connectivity index is 2.16. The molecular formula is C11H17N3O2S. The summed E-state index contributed by atoms with van der Waals surface area (Å²) in [5.41, 5.74) is 0.843. The first-order chi connectivity index (χ1) is 8.12. The van der Waals surface area contributed by atoms with E-state index in [4.69, 9.17) is 0 Å². The fraction of sp³-hybridized carbons (Fsp3) is 0.455. The van der Waals surface area contributed by atoms with Crippen LogP contribution >= 0.6 is 0 Å². The van der Waals surface area contributed by atoms with E-state index in [1.165, 1.54) is 7.05 Å². The van der Waals surface area contributed by atoms with Gasteiger partial charge in [-0.1, -0.05) is 6.07 Å². The number of anilines is 1. The molecule has 17 heavy (non-hydrogen) atoms. The summed E-state index contributed by atoms with van der Waals surface area (Å²) in [5, 5.41) is 6.58. The van der Waals surface area contributed by atoms with Gasteiger partial charge in [0.1, 0.15) is 0 Å². The minimum Gasteiger partial charge on any atom is -0.381 e. The zero-order valence-electron chi connectivity index (χ0n) is 9.73. The second-order valence-electron chi connectivity index (χ2n) is 4.07. The molecule has 5 nitrogen and oxygen atoms in total. The number of rotatable bonds is 4. The zero-order valence-corrected chi connectivity index (χ0v) is 10.5. The van der Waals surface area contributed by atoms with E-state index in [-0.39, 0.29) is 4.90 Å². The molecule has 3 N–H and O–H groups in total. The molecule has 1 saturated heterocycles. The fourth-order valence-electron chi connectivity index (χ4n) is 1.88. The van der Waals surface area contributed by atoms with Crippen molar-refractivity contribution in [2.45, 2.75) is 17.4 Å². The Hall–Kier alpha value is -1.11. The summed E-state index contributed by atoms with van der Waals surface area (Å²) in [5.74, 6) is 0. The third-order valence-corrected chi connectivity index (χ3v) is 4.26. The molecule has 0 amide bonds. The van der Waals surface area contributed by atoms with E-state index < -0.39 is 10.0 Å². The van der Waals surface area contributed by atoms with Crippen molar-refractivity contribution in [2.24, 2.45) is 0 Å². The van der Waals surface area contributed by atoms with Crippen LogP contribution in [0.1, 0.15) is 6.42 Å². The highest BCUT2D eigenvalue weighted by Crippen LogP contribution is 2.17.